The number of likely N-dealkylation sites (N-methyl/N-ethyl adjacent to an activating group) is 1. The first-order chi connectivity index (χ1) is 8.65. The number of nitrogens with zero attached hydrogens (tertiary/aromatic N) is 2. The highest BCUT2D eigenvalue weighted by Crippen LogP contribution is 2.12. The lowest BCUT2D eigenvalue weighted by Crippen LogP contribution is -2.54. The summed E-state index contributed by atoms with van der Waals surface area (Å²) in [5.41, 5.74) is 2.76. The van der Waals surface area contributed by atoms with Gasteiger partial charge in [-0.3, -0.25) is 4.90 Å². The Morgan fingerprint density at radius 1 is 1.28 bits per heavy atom. The number of hydrogen-bond donors (Lipinski definition) is 1. The highest BCUT2D eigenvalue weighted by Gasteiger charge is 2.22. The largest absolute Gasteiger partial charge is 0.314 e. The summed E-state index contributed by atoms with van der Waals surface area (Å²) in [6.07, 6.45) is 0. The van der Waals surface area contributed by atoms with Gasteiger partial charge in [0.2, 0.25) is 0 Å². The van der Waals surface area contributed by atoms with E-state index < -0.39 is 0 Å². The first kappa shape index (κ1) is 13.5. The number of benzene rings is 1. The van der Waals surface area contributed by atoms with Gasteiger partial charge in [-0.2, -0.15) is 0 Å². The Labute approximate surface area is 111 Å². The molecule has 0 aromatic heterocycles. The topological polar surface area (TPSA) is 18.5 Å². The molecule has 1 fully saturated rings. The Morgan fingerprint density at radius 2 is 2.00 bits per heavy atom. The summed E-state index contributed by atoms with van der Waals surface area (Å²) in [7, 11) is 4.30. The normalized spacial score (nSPS) is 21.4. The first-order valence-corrected chi connectivity index (χ1v) is 6.80. The van der Waals surface area contributed by atoms with Gasteiger partial charge in [0.1, 0.15) is 0 Å². The Morgan fingerprint density at radius 3 is 2.67 bits per heavy atom. The summed E-state index contributed by atoms with van der Waals surface area (Å²) in [5.74, 6) is 0. The number of hydrogen-bond acceptors (Lipinski definition) is 3. The second-order valence-electron chi connectivity index (χ2n) is 5.58. The van der Waals surface area contributed by atoms with Gasteiger partial charge in [-0.25, -0.2) is 0 Å². The minimum absolute atomic E-state index is 0.620. The molecule has 1 aliphatic heterocycles. The monoisotopic (exact) mass is 247 g/mol. The van der Waals surface area contributed by atoms with Crippen molar-refractivity contribution >= 4 is 0 Å². The lowest BCUT2D eigenvalue weighted by Gasteiger charge is -2.37. The Balaban J connectivity index is 1.98. The van der Waals surface area contributed by atoms with Crippen LogP contribution in [0.15, 0.2) is 24.3 Å². The SMILES string of the molecule is Cc1ccc(CN2CCNCC2CN(C)C)cc1. The second kappa shape index (κ2) is 6.32. The Bertz CT molecular complexity index is 359. The number of nitrogens with one attached hydrogen (secondary N) is 1. The van der Waals surface area contributed by atoms with Crippen LogP contribution in [0.2, 0.25) is 0 Å². The second-order valence-corrected chi connectivity index (χ2v) is 5.58. The van der Waals surface area contributed by atoms with Crippen LogP contribution in [0, 0.1) is 6.92 Å². The van der Waals surface area contributed by atoms with Gasteiger partial charge in [0.05, 0.1) is 0 Å². The Hall–Kier alpha value is -0.900. The fourth-order valence-electron chi connectivity index (χ4n) is 2.54. The molecular weight excluding hydrogens is 222 g/mol. The smallest absolute Gasteiger partial charge is 0.0351 e. The van der Waals surface area contributed by atoms with Crippen LogP contribution in [0.3, 0.4) is 0 Å². The van der Waals surface area contributed by atoms with Crippen molar-refractivity contribution in [3.05, 3.63) is 35.4 Å². The molecule has 3 heteroatoms. The molecule has 0 bridgehead atoms. The van der Waals surface area contributed by atoms with Crippen LogP contribution in [-0.4, -0.2) is 56.1 Å². The van der Waals surface area contributed by atoms with Crippen LogP contribution in [0.4, 0.5) is 0 Å². The first-order valence-electron chi connectivity index (χ1n) is 6.80. The summed E-state index contributed by atoms with van der Waals surface area (Å²) < 4.78 is 0. The molecule has 0 aliphatic carbocycles. The van der Waals surface area contributed by atoms with Gasteiger partial charge in [-0.05, 0) is 26.6 Å². The van der Waals surface area contributed by atoms with Crippen molar-refractivity contribution in [1.82, 2.24) is 15.1 Å². The molecule has 1 aromatic rings. The molecule has 1 heterocycles. The molecule has 0 saturated carbocycles. The van der Waals surface area contributed by atoms with Gasteiger partial charge < -0.3 is 10.2 Å². The van der Waals surface area contributed by atoms with E-state index in [2.05, 4.69) is 60.4 Å². The molecule has 1 N–H and O–H groups in total. The van der Waals surface area contributed by atoms with E-state index in [0.717, 1.165) is 32.7 Å². The lowest BCUT2D eigenvalue weighted by atomic mass is 10.1. The molecule has 1 atom stereocenters. The molecule has 0 radical (unpaired) electrons. The fourth-order valence-corrected chi connectivity index (χ4v) is 2.54. The zero-order valence-corrected chi connectivity index (χ0v) is 11.8. The minimum atomic E-state index is 0.620. The highest BCUT2D eigenvalue weighted by molar-refractivity contribution is 5.21. The fraction of sp³-hybridized carbons (Fsp3) is 0.600. The van der Waals surface area contributed by atoms with E-state index in [-0.39, 0.29) is 0 Å². The lowest BCUT2D eigenvalue weighted by molar-refractivity contribution is 0.126. The zero-order valence-electron chi connectivity index (χ0n) is 11.8. The van der Waals surface area contributed by atoms with Gasteiger partial charge in [0.25, 0.3) is 0 Å². The molecule has 100 valence electrons. The number of piperazine rings is 1. The molecule has 1 unspecified atom stereocenters. The van der Waals surface area contributed by atoms with E-state index in [0.29, 0.717) is 6.04 Å². The average molecular weight is 247 g/mol. The maximum absolute atomic E-state index is 3.50. The van der Waals surface area contributed by atoms with Crippen LogP contribution >= 0.6 is 0 Å². The third kappa shape index (κ3) is 3.80. The van der Waals surface area contributed by atoms with E-state index >= 15 is 0 Å². The third-order valence-corrected chi connectivity index (χ3v) is 3.55. The summed E-state index contributed by atoms with van der Waals surface area (Å²) >= 11 is 0. The summed E-state index contributed by atoms with van der Waals surface area (Å²) in [6, 6.07) is 9.54. The van der Waals surface area contributed by atoms with Crippen LogP contribution in [0.25, 0.3) is 0 Å². The summed E-state index contributed by atoms with van der Waals surface area (Å²) in [5, 5.41) is 3.50. The van der Waals surface area contributed by atoms with Gasteiger partial charge in [0, 0.05) is 38.8 Å². The van der Waals surface area contributed by atoms with Crippen LogP contribution < -0.4 is 5.32 Å². The van der Waals surface area contributed by atoms with E-state index in [9.17, 15) is 0 Å². The maximum Gasteiger partial charge on any atom is 0.0351 e. The van der Waals surface area contributed by atoms with Crippen molar-refractivity contribution in [2.24, 2.45) is 0 Å². The van der Waals surface area contributed by atoms with E-state index in [1.807, 2.05) is 0 Å². The van der Waals surface area contributed by atoms with Gasteiger partial charge in [-0.1, -0.05) is 29.8 Å². The predicted molar refractivity (Wildman–Crippen MR) is 76.8 cm³/mol. The predicted octanol–water partition coefficient (Wildman–Crippen LogP) is 1.33. The number of rotatable bonds is 4. The molecule has 1 aromatic carbocycles. The van der Waals surface area contributed by atoms with Crippen molar-refractivity contribution in [2.75, 3.05) is 40.3 Å². The summed E-state index contributed by atoms with van der Waals surface area (Å²) in [4.78, 5) is 4.88. The van der Waals surface area contributed by atoms with Crippen molar-refractivity contribution in [1.29, 1.82) is 0 Å². The molecular formula is C15H25N3. The molecule has 18 heavy (non-hydrogen) atoms. The van der Waals surface area contributed by atoms with E-state index in [1.54, 1.807) is 0 Å². The van der Waals surface area contributed by atoms with E-state index in [1.165, 1.54) is 11.1 Å². The van der Waals surface area contributed by atoms with Gasteiger partial charge >= 0.3 is 0 Å². The molecule has 1 saturated heterocycles. The maximum atomic E-state index is 3.50. The van der Waals surface area contributed by atoms with Gasteiger partial charge in [0.15, 0.2) is 0 Å². The molecule has 0 spiro atoms. The molecule has 2 rings (SSSR count). The van der Waals surface area contributed by atoms with Crippen LogP contribution in [-0.2, 0) is 6.54 Å². The standard InChI is InChI=1S/C15H25N3/c1-13-4-6-14(7-5-13)11-18-9-8-16-10-15(18)12-17(2)3/h4-7,15-16H,8-12H2,1-3H3. The van der Waals surface area contributed by atoms with Crippen molar-refractivity contribution < 1.29 is 0 Å². The number of aryl methyl sites for hydroxylation is 1. The van der Waals surface area contributed by atoms with Crippen LogP contribution in [0.5, 0.6) is 0 Å². The van der Waals surface area contributed by atoms with Gasteiger partial charge in [-0.15, -0.1) is 0 Å². The summed E-state index contributed by atoms with van der Waals surface area (Å²) in [6.45, 7) is 7.69. The van der Waals surface area contributed by atoms with E-state index in [4.69, 9.17) is 0 Å². The van der Waals surface area contributed by atoms with Crippen molar-refractivity contribution in [2.45, 2.75) is 19.5 Å². The average Bonchev–Trinajstić information content (AvgIpc) is 2.34. The van der Waals surface area contributed by atoms with Crippen molar-refractivity contribution in [3.8, 4) is 0 Å². The van der Waals surface area contributed by atoms with Crippen molar-refractivity contribution in [3.63, 3.8) is 0 Å². The quantitative estimate of drug-likeness (QED) is 0.866. The zero-order chi connectivity index (χ0) is 13.0. The Kier molecular flexibility index (Phi) is 4.75. The molecule has 0 amide bonds. The minimum Gasteiger partial charge on any atom is -0.314 e. The third-order valence-electron chi connectivity index (χ3n) is 3.55. The van der Waals surface area contributed by atoms with Crippen LogP contribution in [0.1, 0.15) is 11.1 Å². The highest BCUT2D eigenvalue weighted by atomic mass is 15.2. The molecule has 1 aliphatic rings. The molecule has 3 nitrogen and oxygen atoms in total.